The van der Waals surface area contributed by atoms with Crippen LogP contribution in [0.2, 0.25) is 5.22 Å². The number of nitrogens with zero attached hydrogens (tertiary/aromatic N) is 4. The Bertz CT molecular complexity index is 630. The molecule has 0 bridgehead atoms. The number of carboxylic acid groups (broad SMARTS) is 1. The Morgan fingerprint density at radius 1 is 1.50 bits per heavy atom. The monoisotopic (exact) mass is 296 g/mol. The van der Waals surface area contributed by atoms with Gasteiger partial charge in [0.1, 0.15) is 0 Å². The van der Waals surface area contributed by atoms with Crippen molar-refractivity contribution in [2.75, 3.05) is 0 Å². The molecule has 3 rings (SSSR count). The molecule has 2 aromatic heterocycles. The minimum Gasteiger partial charge on any atom is -0.481 e. The molecule has 1 fully saturated rings. The highest BCUT2D eigenvalue weighted by Gasteiger charge is 2.42. The van der Waals surface area contributed by atoms with Crippen molar-refractivity contribution in [2.45, 2.75) is 32.2 Å². The number of aliphatic carboxylic acids is 1. The zero-order valence-electron chi connectivity index (χ0n) is 10.6. The minimum absolute atomic E-state index is 0.192. The summed E-state index contributed by atoms with van der Waals surface area (Å²) in [4.78, 5) is 11.6. The Hall–Kier alpha value is -1.89. The van der Waals surface area contributed by atoms with E-state index in [0.717, 1.165) is 12.8 Å². The highest BCUT2D eigenvalue weighted by Crippen LogP contribution is 2.40. The Morgan fingerprint density at radius 2 is 2.25 bits per heavy atom. The van der Waals surface area contributed by atoms with Crippen LogP contribution in [0.1, 0.15) is 25.7 Å². The molecule has 1 N–H and O–H groups in total. The largest absolute Gasteiger partial charge is 0.481 e. The first kappa shape index (κ1) is 13.1. The van der Waals surface area contributed by atoms with Crippen LogP contribution in [0.4, 0.5) is 0 Å². The van der Waals surface area contributed by atoms with Gasteiger partial charge in [0.25, 0.3) is 0 Å². The highest BCUT2D eigenvalue weighted by molar-refractivity contribution is 6.31. The molecule has 1 saturated carbocycles. The number of tetrazole rings is 1. The van der Waals surface area contributed by atoms with Gasteiger partial charge in [-0.2, -0.15) is 0 Å². The molecule has 0 atom stereocenters. The fourth-order valence-corrected chi connectivity index (χ4v) is 2.93. The summed E-state index contributed by atoms with van der Waals surface area (Å²) in [7, 11) is 0. The molecule has 7 nitrogen and oxygen atoms in total. The van der Waals surface area contributed by atoms with Crippen LogP contribution in [-0.2, 0) is 11.3 Å². The van der Waals surface area contributed by atoms with Crippen LogP contribution in [0.15, 0.2) is 16.7 Å². The van der Waals surface area contributed by atoms with Gasteiger partial charge in [0, 0.05) is 0 Å². The van der Waals surface area contributed by atoms with E-state index < -0.39 is 11.4 Å². The van der Waals surface area contributed by atoms with Gasteiger partial charge in [0.2, 0.25) is 5.22 Å². The molecule has 2 aromatic rings. The molecular formula is C12H13ClN4O3. The van der Waals surface area contributed by atoms with E-state index in [0.29, 0.717) is 24.2 Å². The maximum absolute atomic E-state index is 11.6. The van der Waals surface area contributed by atoms with Gasteiger partial charge < -0.3 is 9.52 Å². The SMILES string of the molecule is O=C(O)C1(Cn2nnnc2-c2ccoc2Cl)CCCC1. The summed E-state index contributed by atoms with van der Waals surface area (Å²) in [5.74, 6) is -0.369. The van der Waals surface area contributed by atoms with Crippen LogP contribution in [0.5, 0.6) is 0 Å². The van der Waals surface area contributed by atoms with Gasteiger partial charge in [0.05, 0.1) is 23.8 Å². The lowest BCUT2D eigenvalue weighted by Gasteiger charge is -2.23. The summed E-state index contributed by atoms with van der Waals surface area (Å²) in [6, 6.07) is 1.66. The quantitative estimate of drug-likeness (QED) is 0.929. The first-order valence-electron chi connectivity index (χ1n) is 6.35. The van der Waals surface area contributed by atoms with Gasteiger partial charge in [-0.15, -0.1) is 5.10 Å². The summed E-state index contributed by atoms with van der Waals surface area (Å²) >= 11 is 5.93. The van der Waals surface area contributed by atoms with E-state index in [2.05, 4.69) is 15.5 Å². The third kappa shape index (κ3) is 2.07. The minimum atomic E-state index is -0.797. The Kier molecular flexibility index (Phi) is 3.21. The fourth-order valence-electron chi connectivity index (χ4n) is 2.74. The van der Waals surface area contributed by atoms with Crippen molar-refractivity contribution < 1.29 is 14.3 Å². The molecule has 20 heavy (non-hydrogen) atoms. The van der Waals surface area contributed by atoms with Crippen LogP contribution in [0.25, 0.3) is 11.4 Å². The van der Waals surface area contributed by atoms with Crippen molar-refractivity contribution in [1.29, 1.82) is 0 Å². The second-order valence-electron chi connectivity index (χ2n) is 5.06. The van der Waals surface area contributed by atoms with Crippen LogP contribution >= 0.6 is 11.6 Å². The van der Waals surface area contributed by atoms with Crippen molar-refractivity contribution >= 4 is 17.6 Å². The molecule has 8 heteroatoms. The van der Waals surface area contributed by atoms with Gasteiger partial charge in [-0.3, -0.25) is 4.79 Å². The average molecular weight is 297 g/mol. The number of rotatable bonds is 4. The third-order valence-corrected chi connectivity index (χ3v) is 4.15. The molecule has 0 unspecified atom stereocenters. The van der Waals surface area contributed by atoms with E-state index in [-0.39, 0.29) is 11.8 Å². The second kappa shape index (κ2) is 4.90. The standard InChI is InChI=1S/C12H13ClN4O3/c13-9-8(3-6-20-9)10-14-15-16-17(10)7-12(11(18)19)4-1-2-5-12/h3,6H,1-2,4-5,7H2,(H,18,19). The second-order valence-corrected chi connectivity index (χ2v) is 5.40. The van der Waals surface area contributed by atoms with Crippen molar-refractivity contribution in [3.63, 3.8) is 0 Å². The first-order valence-corrected chi connectivity index (χ1v) is 6.73. The molecule has 106 valence electrons. The molecule has 0 radical (unpaired) electrons. The average Bonchev–Trinajstić information content (AvgIpc) is 3.11. The molecular weight excluding hydrogens is 284 g/mol. The van der Waals surface area contributed by atoms with E-state index in [4.69, 9.17) is 16.0 Å². The summed E-state index contributed by atoms with van der Waals surface area (Å²) in [5, 5.41) is 21.1. The molecule has 0 saturated heterocycles. The molecule has 0 amide bonds. The zero-order chi connectivity index (χ0) is 14.2. The topological polar surface area (TPSA) is 94.0 Å². The Labute approximate surface area is 119 Å². The lowest BCUT2D eigenvalue weighted by atomic mass is 9.86. The summed E-state index contributed by atoms with van der Waals surface area (Å²) in [6.07, 6.45) is 4.55. The number of carbonyl (C=O) groups is 1. The lowest BCUT2D eigenvalue weighted by molar-refractivity contribution is -0.149. The molecule has 1 aliphatic carbocycles. The lowest BCUT2D eigenvalue weighted by Crippen LogP contribution is -2.33. The number of halogens is 1. The molecule has 0 aromatic carbocycles. The predicted octanol–water partition coefficient (Wildman–Crippen LogP) is 2.23. The number of furan rings is 1. The van der Waals surface area contributed by atoms with Gasteiger partial charge in [-0.05, 0) is 40.9 Å². The fraction of sp³-hybridized carbons (Fsp3) is 0.500. The maximum atomic E-state index is 11.6. The number of hydrogen-bond donors (Lipinski definition) is 1. The molecule has 2 heterocycles. The van der Waals surface area contributed by atoms with Crippen LogP contribution < -0.4 is 0 Å². The predicted molar refractivity (Wildman–Crippen MR) is 69.1 cm³/mol. The van der Waals surface area contributed by atoms with Crippen LogP contribution in [-0.4, -0.2) is 31.3 Å². The number of carboxylic acids is 1. The Morgan fingerprint density at radius 3 is 2.85 bits per heavy atom. The zero-order valence-corrected chi connectivity index (χ0v) is 11.4. The van der Waals surface area contributed by atoms with E-state index in [9.17, 15) is 9.90 Å². The normalized spacial score (nSPS) is 17.4. The maximum Gasteiger partial charge on any atom is 0.311 e. The van der Waals surface area contributed by atoms with E-state index in [1.54, 1.807) is 6.07 Å². The number of aromatic nitrogens is 4. The van der Waals surface area contributed by atoms with Crippen LogP contribution in [0.3, 0.4) is 0 Å². The summed E-state index contributed by atoms with van der Waals surface area (Å²) < 4.78 is 6.52. The van der Waals surface area contributed by atoms with Gasteiger partial charge in [-0.1, -0.05) is 12.8 Å². The first-order chi connectivity index (χ1) is 9.62. The van der Waals surface area contributed by atoms with Crippen molar-refractivity contribution in [3.05, 3.63) is 17.5 Å². The Balaban J connectivity index is 1.94. The molecule has 0 spiro atoms. The van der Waals surface area contributed by atoms with Crippen molar-refractivity contribution in [3.8, 4) is 11.4 Å². The van der Waals surface area contributed by atoms with Crippen LogP contribution in [0, 0.1) is 5.41 Å². The number of hydrogen-bond acceptors (Lipinski definition) is 5. The van der Waals surface area contributed by atoms with Gasteiger partial charge in [0.15, 0.2) is 5.82 Å². The summed E-state index contributed by atoms with van der Waals surface area (Å²) in [6.45, 7) is 0.242. The third-order valence-electron chi connectivity index (χ3n) is 3.86. The highest BCUT2D eigenvalue weighted by atomic mass is 35.5. The van der Waals surface area contributed by atoms with E-state index >= 15 is 0 Å². The van der Waals surface area contributed by atoms with E-state index in [1.807, 2.05) is 0 Å². The summed E-state index contributed by atoms with van der Waals surface area (Å²) in [5.41, 5.74) is -0.226. The van der Waals surface area contributed by atoms with Gasteiger partial charge >= 0.3 is 5.97 Å². The molecule has 1 aliphatic rings. The molecule has 0 aliphatic heterocycles. The van der Waals surface area contributed by atoms with E-state index in [1.165, 1.54) is 10.9 Å². The smallest absolute Gasteiger partial charge is 0.311 e. The van der Waals surface area contributed by atoms with Crippen molar-refractivity contribution in [2.24, 2.45) is 5.41 Å². The van der Waals surface area contributed by atoms with Crippen molar-refractivity contribution in [1.82, 2.24) is 20.2 Å². The van der Waals surface area contributed by atoms with Gasteiger partial charge in [-0.25, -0.2) is 4.68 Å².